The third-order valence-corrected chi connectivity index (χ3v) is 2.40. The Morgan fingerprint density at radius 1 is 1.39 bits per heavy atom. The van der Waals surface area contributed by atoms with Gasteiger partial charge >= 0.3 is 5.97 Å². The number of carboxylic acids is 1. The van der Waals surface area contributed by atoms with Crippen LogP contribution in [-0.4, -0.2) is 17.0 Å². The van der Waals surface area contributed by atoms with Gasteiger partial charge in [0.15, 0.2) is 0 Å². The van der Waals surface area contributed by atoms with Crippen LogP contribution in [0, 0.1) is 17.6 Å². The molecule has 0 aliphatic carbocycles. The van der Waals surface area contributed by atoms with Gasteiger partial charge in [-0.25, -0.2) is 8.78 Å². The van der Waals surface area contributed by atoms with E-state index in [1.807, 2.05) is 0 Å². The molecule has 0 bridgehead atoms. The Labute approximate surface area is 103 Å². The molecule has 1 unspecified atom stereocenters. The Bertz CT molecular complexity index is 463. The Morgan fingerprint density at radius 2 is 2.06 bits per heavy atom. The van der Waals surface area contributed by atoms with Gasteiger partial charge in [-0.1, -0.05) is 13.0 Å². The summed E-state index contributed by atoms with van der Waals surface area (Å²) in [5.41, 5.74) is 0.146. The maximum atomic E-state index is 13.2. The average Bonchev–Trinajstić information content (AvgIpc) is 2.26. The standard InChI is InChI=1S/C12H13F2NO3/c1-7(4-11(16)17)12(18)15-6-8-2-3-9(13)5-10(8)14/h2-3,5,7H,4,6H2,1H3,(H,15,18)(H,16,17). The fourth-order valence-corrected chi connectivity index (χ4v) is 1.38. The van der Waals surface area contributed by atoms with E-state index in [-0.39, 0.29) is 18.5 Å². The van der Waals surface area contributed by atoms with Crippen LogP contribution in [0.2, 0.25) is 0 Å². The van der Waals surface area contributed by atoms with Crippen molar-refractivity contribution in [3.63, 3.8) is 0 Å². The maximum Gasteiger partial charge on any atom is 0.304 e. The van der Waals surface area contributed by atoms with E-state index in [9.17, 15) is 18.4 Å². The first-order valence-corrected chi connectivity index (χ1v) is 5.33. The quantitative estimate of drug-likeness (QED) is 0.843. The first-order chi connectivity index (χ1) is 8.40. The topological polar surface area (TPSA) is 66.4 Å². The average molecular weight is 257 g/mol. The highest BCUT2D eigenvalue weighted by Gasteiger charge is 2.16. The number of hydrogen-bond acceptors (Lipinski definition) is 2. The van der Waals surface area contributed by atoms with E-state index in [2.05, 4.69) is 5.32 Å². The molecule has 1 atom stereocenters. The minimum Gasteiger partial charge on any atom is -0.481 e. The Morgan fingerprint density at radius 3 is 2.61 bits per heavy atom. The summed E-state index contributed by atoms with van der Waals surface area (Å²) in [6.07, 6.45) is -0.294. The molecule has 0 radical (unpaired) electrons. The molecule has 4 nitrogen and oxygen atoms in total. The van der Waals surface area contributed by atoms with Gasteiger partial charge in [-0.2, -0.15) is 0 Å². The van der Waals surface area contributed by atoms with Crippen molar-refractivity contribution in [2.45, 2.75) is 19.9 Å². The van der Waals surface area contributed by atoms with Crippen LogP contribution in [0.4, 0.5) is 8.78 Å². The van der Waals surface area contributed by atoms with Crippen molar-refractivity contribution in [2.24, 2.45) is 5.92 Å². The van der Waals surface area contributed by atoms with Crippen molar-refractivity contribution in [3.8, 4) is 0 Å². The van der Waals surface area contributed by atoms with Gasteiger partial charge in [0.1, 0.15) is 11.6 Å². The lowest BCUT2D eigenvalue weighted by molar-refractivity contribution is -0.140. The molecule has 2 N–H and O–H groups in total. The first-order valence-electron chi connectivity index (χ1n) is 5.33. The fraction of sp³-hybridized carbons (Fsp3) is 0.333. The number of carboxylic acid groups (broad SMARTS) is 1. The molecule has 18 heavy (non-hydrogen) atoms. The third kappa shape index (κ3) is 4.12. The lowest BCUT2D eigenvalue weighted by Gasteiger charge is -2.10. The van der Waals surface area contributed by atoms with Crippen molar-refractivity contribution in [3.05, 3.63) is 35.4 Å². The zero-order valence-corrected chi connectivity index (χ0v) is 9.74. The monoisotopic (exact) mass is 257 g/mol. The molecule has 1 amide bonds. The molecular weight excluding hydrogens is 244 g/mol. The SMILES string of the molecule is CC(CC(=O)O)C(=O)NCc1ccc(F)cc1F. The summed E-state index contributed by atoms with van der Waals surface area (Å²) in [6.45, 7) is 1.36. The van der Waals surface area contributed by atoms with E-state index in [1.165, 1.54) is 13.0 Å². The van der Waals surface area contributed by atoms with E-state index >= 15 is 0 Å². The normalized spacial score (nSPS) is 11.9. The van der Waals surface area contributed by atoms with Gasteiger partial charge in [-0.05, 0) is 6.07 Å². The van der Waals surface area contributed by atoms with Gasteiger partial charge < -0.3 is 10.4 Å². The smallest absolute Gasteiger partial charge is 0.304 e. The van der Waals surface area contributed by atoms with Crippen LogP contribution in [0.25, 0.3) is 0 Å². The number of hydrogen-bond donors (Lipinski definition) is 2. The van der Waals surface area contributed by atoms with E-state index in [0.717, 1.165) is 12.1 Å². The molecule has 1 aromatic carbocycles. The van der Waals surface area contributed by atoms with E-state index in [4.69, 9.17) is 5.11 Å². The molecule has 6 heteroatoms. The summed E-state index contributed by atoms with van der Waals surface area (Å²) in [5, 5.41) is 10.9. The largest absolute Gasteiger partial charge is 0.481 e. The zero-order valence-electron chi connectivity index (χ0n) is 9.74. The Balaban J connectivity index is 2.54. The molecule has 0 saturated carbocycles. The number of carbonyl (C=O) groups excluding carboxylic acids is 1. The zero-order chi connectivity index (χ0) is 13.7. The number of aliphatic carboxylic acids is 1. The molecule has 98 valence electrons. The third-order valence-electron chi connectivity index (χ3n) is 2.40. The molecule has 0 aliphatic rings. The second kappa shape index (κ2) is 6.09. The van der Waals surface area contributed by atoms with Gasteiger partial charge in [0.05, 0.1) is 6.42 Å². The second-order valence-electron chi connectivity index (χ2n) is 3.95. The van der Waals surface area contributed by atoms with Gasteiger partial charge in [0.25, 0.3) is 0 Å². The minimum atomic E-state index is -1.08. The Hall–Kier alpha value is -1.98. The molecule has 0 heterocycles. The van der Waals surface area contributed by atoms with Crippen LogP contribution >= 0.6 is 0 Å². The lowest BCUT2D eigenvalue weighted by atomic mass is 10.1. The van der Waals surface area contributed by atoms with Crippen LogP contribution in [0.1, 0.15) is 18.9 Å². The summed E-state index contributed by atoms with van der Waals surface area (Å²) in [5.74, 6) is -3.71. The predicted octanol–water partition coefficient (Wildman–Crippen LogP) is 1.69. The van der Waals surface area contributed by atoms with Crippen LogP contribution in [-0.2, 0) is 16.1 Å². The molecule has 0 spiro atoms. The highest BCUT2D eigenvalue weighted by Crippen LogP contribution is 2.10. The van der Waals surface area contributed by atoms with E-state index in [1.54, 1.807) is 0 Å². The van der Waals surface area contributed by atoms with Crippen molar-refractivity contribution in [1.29, 1.82) is 0 Å². The van der Waals surface area contributed by atoms with Gasteiger partial charge in [0.2, 0.25) is 5.91 Å². The highest BCUT2D eigenvalue weighted by atomic mass is 19.1. The predicted molar refractivity (Wildman–Crippen MR) is 59.6 cm³/mol. The number of amides is 1. The van der Waals surface area contributed by atoms with Crippen LogP contribution in [0.15, 0.2) is 18.2 Å². The molecule has 0 aromatic heterocycles. The van der Waals surface area contributed by atoms with Crippen molar-refractivity contribution >= 4 is 11.9 Å². The van der Waals surface area contributed by atoms with Gasteiger partial charge in [-0.15, -0.1) is 0 Å². The van der Waals surface area contributed by atoms with Gasteiger partial charge in [-0.3, -0.25) is 9.59 Å². The molecule has 1 aromatic rings. The minimum absolute atomic E-state index is 0.102. The summed E-state index contributed by atoms with van der Waals surface area (Å²) in [6, 6.07) is 3.04. The van der Waals surface area contributed by atoms with Crippen LogP contribution in [0.3, 0.4) is 0 Å². The van der Waals surface area contributed by atoms with E-state index in [0.29, 0.717) is 0 Å². The summed E-state index contributed by atoms with van der Waals surface area (Å²) in [7, 11) is 0. The molecular formula is C12H13F2NO3. The molecule has 0 fully saturated rings. The summed E-state index contributed by atoms with van der Waals surface area (Å²) >= 11 is 0. The summed E-state index contributed by atoms with van der Waals surface area (Å²) < 4.78 is 25.9. The van der Waals surface area contributed by atoms with Gasteiger partial charge in [0, 0.05) is 24.1 Å². The maximum absolute atomic E-state index is 13.2. The second-order valence-corrected chi connectivity index (χ2v) is 3.95. The number of nitrogens with one attached hydrogen (secondary N) is 1. The van der Waals surface area contributed by atoms with Crippen LogP contribution in [0.5, 0.6) is 0 Å². The Kier molecular flexibility index (Phi) is 4.76. The fourth-order valence-electron chi connectivity index (χ4n) is 1.38. The number of carbonyl (C=O) groups is 2. The first kappa shape index (κ1) is 14.1. The van der Waals surface area contributed by atoms with Crippen molar-refractivity contribution in [2.75, 3.05) is 0 Å². The van der Waals surface area contributed by atoms with Crippen LogP contribution < -0.4 is 5.32 Å². The lowest BCUT2D eigenvalue weighted by Crippen LogP contribution is -2.30. The molecule has 0 aliphatic heterocycles. The highest BCUT2D eigenvalue weighted by molar-refractivity contribution is 5.82. The number of benzene rings is 1. The van der Waals surface area contributed by atoms with Crippen molar-refractivity contribution in [1.82, 2.24) is 5.32 Å². The molecule has 1 rings (SSSR count). The number of halogens is 2. The molecule has 0 saturated heterocycles. The van der Waals surface area contributed by atoms with E-state index < -0.39 is 29.4 Å². The summed E-state index contributed by atoms with van der Waals surface area (Å²) in [4.78, 5) is 21.9. The van der Waals surface area contributed by atoms with Crippen molar-refractivity contribution < 1.29 is 23.5 Å². The number of rotatable bonds is 5.